The van der Waals surface area contributed by atoms with Crippen molar-refractivity contribution in [1.29, 1.82) is 0 Å². The smallest absolute Gasteiger partial charge is 0.398 e. The molecule has 1 heterocycles. The van der Waals surface area contributed by atoms with Gasteiger partial charge >= 0.3 is 13.1 Å². The van der Waals surface area contributed by atoms with E-state index >= 15 is 0 Å². The predicted octanol–water partition coefficient (Wildman–Crippen LogP) is 2.86. The number of halogens is 1. The summed E-state index contributed by atoms with van der Waals surface area (Å²) in [6, 6.07) is -0.0335. The normalized spacial score (nSPS) is 25.1. The molecule has 0 N–H and O–H groups in total. The standard InChI is InChI=1S/C16H28BFN2O3/c1-15(2)16(3,4)23-17(22-15)13(18)12-8-11(9-12)10-20(7)14(21)19(5)6/h11H,8-10H2,1-7H3. The van der Waals surface area contributed by atoms with Gasteiger partial charge in [-0.1, -0.05) is 0 Å². The Bertz CT molecular complexity index is 495. The van der Waals surface area contributed by atoms with E-state index in [4.69, 9.17) is 9.31 Å². The topological polar surface area (TPSA) is 42.0 Å². The van der Waals surface area contributed by atoms with Crippen LogP contribution in [0.3, 0.4) is 0 Å². The summed E-state index contributed by atoms with van der Waals surface area (Å²) in [5.41, 5.74) is -0.602. The first-order valence-electron chi connectivity index (χ1n) is 8.10. The summed E-state index contributed by atoms with van der Waals surface area (Å²) in [6.45, 7) is 8.29. The van der Waals surface area contributed by atoms with Gasteiger partial charge in [-0.15, -0.1) is 0 Å². The molecule has 130 valence electrons. The van der Waals surface area contributed by atoms with Gasteiger partial charge in [0.25, 0.3) is 0 Å². The van der Waals surface area contributed by atoms with Gasteiger partial charge in [0.15, 0.2) is 0 Å². The maximum atomic E-state index is 14.6. The number of hydrogen-bond donors (Lipinski definition) is 0. The second-order valence-corrected chi connectivity index (χ2v) is 7.87. The van der Waals surface area contributed by atoms with Crippen LogP contribution < -0.4 is 0 Å². The molecule has 0 unspecified atom stereocenters. The molecule has 2 aliphatic rings. The second kappa shape index (κ2) is 6.09. The van der Waals surface area contributed by atoms with Crippen LogP contribution in [0.4, 0.5) is 9.18 Å². The molecule has 1 saturated heterocycles. The lowest BCUT2D eigenvalue weighted by Gasteiger charge is -2.34. The number of amides is 2. The van der Waals surface area contributed by atoms with E-state index in [0.29, 0.717) is 25.3 Å². The molecule has 0 bridgehead atoms. The van der Waals surface area contributed by atoms with E-state index in [9.17, 15) is 9.18 Å². The molecule has 0 atom stereocenters. The van der Waals surface area contributed by atoms with Gasteiger partial charge in [0.1, 0.15) is 5.73 Å². The molecule has 0 aromatic heterocycles. The van der Waals surface area contributed by atoms with E-state index in [1.807, 2.05) is 27.7 Å². The van der Waals surface area contributed by atoms with Crippen LogP contribution in [0.15, 0.2) is 11.3 Å². The highest BCUT2D eigenvalue weighted by Crippen LogP contribution is 2.43. The van der Waals surface area contributed by atoms with Crippen molar-refractivity contribution in [2.24, 2.45) is 5.92 Å². The molecule has 0 aromatic carbocycles. The zero-order chi connectivity index (χ0) is 17.6. The SMILES string of the molecule is CN(C)C(=O)N(C)CC1CC(=C(F)B2OC(C)(C)C(C)(C)O2)C1. The molecule has 7 heteroatoms. The van der Waals surface area contributed by atoms with Crippen molar-refractivity contribution < 1.29 is 18.5 Å². The van der Waals surface area contributed by atoms with Gasteiger partial charge in [0.2, 0.25) is 0 Å². The first kappa shape index (κ1) is 18.3. The van der Waals surface area contributed by atoms with Gasteiger partial charge in [0.05, 0.1) is 11.2 Å². The molecular formula is C16H28BFN2O3. The summed E-state index contributed by atoms with van der Waals surface area (Å²) >= 11 is 0. The molecule has 0 spiro atoms. The van der Waals surface area contributed by atoms with Crippen molar-refractivity contribution in [3.05, 3.63) is 11.3 Å². The first-order valence-corrected chi connectivity index (χ1v) is 8.10. The highest BCUT2D eigenvalue weighted by Gasteiger charge is 2.54. The van der Waals surface area contributed by atoms with Gasteiger partial charge in [0, 0.05) is 27.7 Å². The van der Waals surface area contributed by atoms with E-state index in [2.05, 4.69) is 0 Å². The third-order valence-corrected chi connectivity index (χ3v) is 5.11. The van der Waals surface area contributed by atoms with E-state index in [-0.39, 0.29) is 11.8 Å². The quantitative estimate of drug-likeness (QED) is 0.749. The minimum Gasteiger partial charge on any atom is -0.398 e. The van der Waals surface area contributed by atoms with Gasteiger partial charge < -0.3 is 19.1 Å². The molecule has 5 nitrogen and oxygen atoms in total. The molecule has 2 fully saturated rings. The van der Waals surface area contributed by atoms with Crippen molar-refractivity contribution in [3.8, 4) is 0 Å². The molecule has 23 heavy (non-hydrogen) atoms. The van der Waals surface area contributed by atoms with Gasteiger partial charge in [-0.3, -0.25) is 0 Å². The number of rotatable bonds is 3. The fourth-order valence-electron chi connectivity index (χ4n) is 2.88. The van der Waals surface area contributed by atoms with Crippen molar-refractivity contribution in [3.63, 3.8) is 0 Å². The summed E-state index contributed by atoms with van der Waals surface area (Å²) < 4.78 is 26.1. The fourth-order valence-corrected chi connectivity index (χ4v) is 2.88. The van der Waals surface area contributed by atoms with Gasteiger partial charge in [-0.05, 0) is 52.0 Å². The third-order valence-electron chi connectivity index (χ3n) is 5.11. The molecule has 1 aliphatic carbocycles. The zero-order valence-corrected chi connectivity index (χ0v) is 15.3. The summed E-state index contributed by atoms with van der Waals surface area (Å²) in [5.74, 6) is 0.298. The Morgan fingerprint density at radius 3 is 2.09 bits per heavy atom. The largest absolute Gasteiger partial charge is 0.525 e. The summed E-state index contributed by atoms with van der Waals surface area (Å²) in [5, 5.41) is 0. The van der Waals surface area contributed by atoms with E-state index in [1.54, 1.807) is 30.9 Å². The van der Waals surface area contributed by atoms with E-state index in [1.165, 1.54) is 0 Å². The Labute approximate surface area is 138 Å². The third kappa shape index (κ3) is 3.55. The average Bonchev–Trinajstić information content (AvgIpc) is 2.60. The van der Waals surface area contributed by atoms with Crippen LogP contribution in [-0.4, -0.2) is 61.8 Å². The molecule has 2 amide bonds. The Morgan fingerprint density at radius 1 is 1.17 bits per heavy atom. The number of carbonyl (C=O) groups is 1. The Hall–Kier alpha value is -1.08. The lowest BCUT2D eigenvalue weighted by molar-refractivity contribution is 0.00578. The number of urea groups is 1. The average molecular weight is 326 g/mol. The van der Waals surface area contributed by atoms with Crippen LogP contribution in [-0.2, 0) is 9.31 Å². The Balaban J connectivity index is 1.91. The maximum absolute atomic E-state index is 14.6. The molecule has 2 rings (SSSR count). The molecular weight excluding hydrogens is 298 g/mol. The lowest BCUT2D eigenvalue weighted by Crippen LogP contribution is -2.41. The highest BCUT2D eigenvalue weighted by atomic mass is 19.1. The number of carbonyl (C=O) groups excluding carboxylic acids is 1. The minimum atomic E-state index is -0.905. The van der Waals surface area contributed by atoms with Crippen LogP contribution in [0.1, 0.15) is 40.5 Å². The van der Waals surface area contributed by atoms with Gasteiger partial charge in [-0.2, -0.15) is 0 Å². The van der Waals surface area contributed by atoms with Crippen LogP contribution in [0.5, 0.6) is 0 Å². The van der Waals surface area contributed by atoms with Crippen molar-refractivity contribution >= 4 is 13.1 Å². The monoisotopic (exact) mass is 326 g/mol. The molecule has 1 aliphatic heterocycles. The van der Waals surface area contributed by atoms with E-state index < -0.39 is 18.3 Å². The number of nitrogens with zero attached hydrogens (tertiary/aromatic N) is 2. The van der Waals surface area contributed by atoms with Crippen molar-refractivity contribution in [1.82, 2.24) is 9.80 Å². The van der Waals surface area contributed by atoms with Crippen LogP contribution in [0.25, 0.3) is 0 Å². The zero-order valence-electron chi connectivity index (χ0n) is 15.3. The molecule has 0 aromatic rings. The molecule has 1 saturated carbocycles. The predicted molar refractivity (Wildman–Crippen MR) is 88.7 cm³/mol. The Morgan fingerprint density at radius 2 is 1.65 bits per heavy atom. The van der Waals surface area contributed by atoms with Crippen LogP contribution in [0.2, 0.25) is 0 Å². The lowest BCUT2D eigenvalue weighted by atomic mass is 9.72. The number of allylic oxidation sites excluding steroid dienone is 1. The highest BCUT2D eigenvalue weighted by molar-refractivity contribution is 6.53. The summed E-state index contributed by atoms with van der Waals surface area (Å²) in [6.07, 6.45) is 1.31. The number of hydrogen-bond acceptors (Lipinski definition) is 3. The molecule has 0 radical (unpaired) electrons. The summed E-state index contributed by atoms with van der Waals surface area (Å²) in [7, 11) is 4.32. The second-order valence-electron chi connectivity index (χ2n) is 7.87. The van der Waals surface area contributed by atoms with E-state index in [0.717, 1.165) is 5.57 Å². The summed E-state index contributed by atoms with van der Waals surface area (Å²) in [4.78, 5) is 15.0. The first-order chi connectivity index (χ1) is 10.4. The van der Waals surface area contributed by atoms with Crippen LogP contribution >= 0.6 is 0 Å². The van der Waals surface area contributed by atoms with Gasteiger partial charge in [-0.25, -0.2) is 9.18 Å². The fraction of sp³-hybridized carbons (Fsp3) is 0.812. The maximum Gasteiger partial charge on any atom is 0.525 e. The Kier molecular flexibility index (Phi) is 4.84. The van der Waals surface area contributed by atoms with Crippen LogP contribution in [0, 0.1) is 5.92 Å². The minimum absolute atomic E-state index is 0.0335. The van der Waals surface area contributed by atoms with Crippen molar-refractivity contribution in [2.45, 2.75) is 51.7 Å². The van der Waals surface area contributed by atoms with Crippen molar-refractivity contribution in [2.75, 3.05) is 27.7 Å².